The summed E-state index contributed by atoms with van der Waals surface area (Å²) < 4.78 is 0. The standard InChI is InChI=1S/C17H20N2O3/c1-4-12-5-6-15(20)13(8-12)16(21)18-9-14-10(2)7-11(3)19-17(14)22/h5-8,20H,4,9H2,1-3H3,(H,18,21)(H,19,22). The Morgan fingerprint density at radius 1 is 1.27 bits per heavy atom. The zero-order valence-corrected chi connectivity index (χ0v) is 13.0. The maximum absolute atomic E-state index is 12.2. The van der Waals surface area contributed by atoms with E-state index in [2.05, 4.69) is 10.3 Å². The Bertz CT molecular complexity index is 763. The molecule has 0 saturated carbocycles. The molecule has 1 aromatic heterocycles. The number of aromatic nitrogens is 1. The van der Waals surface area contributed by atoms with E-state index in [1.54, 1.807) is 12.1 Å². The number of amides is 1. The molecule has 1 aromatic carbocycles. The highest BCUT2D eigenvalue weighted by atomic mass is 16.3. The number of carbonyl (C=O) groups is 1. The molecule has 0 aliphatic rings. The Morgan fingerprint density at radius 3 is 2.64 bits per heavy atom. The normalized spacial score (nSPS) is 10.5. The minimum Gasteiger partial charge on any atom is -0.507 e. The lowest BCUT2D eigenvalue weighted by atomic mass is 10.1. The number of phenols is 1. The summed E-state index contributed by atoms with van der Waals surface area (Å²) in [5.74, 6) is -0.462. The number of hydrogen-bond donors (Lipinski definition) is 3. The van der Waals surface area contributed by atoms with Crippen molar-refractivity contribution >= 4 is 5.91 Å². The highest BCUT2D eigenvalue weighted by Gasteiger charge is 2.13. The number of H-pyrrole nitrogens is 1. The molecule has 0 saturated heterocycles. The third-order valence-corrected chi connectivity index (χ3v) is 3.63. The van der Waals surface area contributed by atoms with Crippen molar-refractivity contribution in [1.82, 2.24) is 10.3 Å². The predicted octanol–water partition coefficient (Wildman–Crippen LogP) is 2.19. The monoisotopic (exact) mass is 300 g/mol. The van der Waals surface area contributed by atoms with Gasteiger partial charge >= 0.3 is 0 Å². The molecule has 0 fully saturated rings. The molecule has 22 heavy (non-hydrogen) atoms. The van der Waals surface area contributed by atoms with Crippen molar-refractivity contribution in [2.75, 3.05) is 0 Å². The number of pyridine rings is 1. The lowest BCUT2D eigenvalue weighted by Crippen LogP contribution is -2.28. The van der Waals surface area contributed by atoms with Crippen molar-refractivity contribution in [3.05, 3.63) is 62.6 Å². The summed E-state index contributed by atoms with van der Waals surface area (Å²) in [6, 6.07) is 6.81. The fraction of sp³-hybridized carbons (Fsp3) is 0.294. The largest absolute Gasteiger partial charge is 0.507 e. The SMILES string of the molecule is CCc1ccc(O)c(C(=O)NCc2c(C)cc(C)[nH]c2=O)c1. The second kappa shape index (κ2) is 6.47. The molecule has 2 aromatic rings. The first-order chi connectivity index (χ1) is 10.4. The van der Waals surface area contributed by atoms with E-state index in [0.29, 0.717) is 5.56 Å². The molecule has 5 heteroatoms. The molecule has 0 aliphatic heterocycles. The molecular weight excluding hydrogens is 280 g/mol. The molecule has 0 unspecified atom stereocenters. The van der Waals surface area contributed by atoms with Gasteiger partial charge in [-0.05, 0) is 49.6 Å². The van der Waals surface area contributed by atoms with E-state index in [1.165, 1.54) is 6.07 Å². The minimum absolute atomic E-state index is 0.0655. The molecule has 2 rings (SSSR count). The third kappa shape index (κ3) is 3.36. The number of aryl methyl sites for hydroxylation is 3. The molecular formula is C17H20N2O3. The number of aromatic amines is 1. The van der Waals surface area contributed by atoms with Crippen LogP contribution in [-0.2, 0) is 13.0 Å². The fourth-order valence-electron chi connectivity index (χ4n) is 2.35. The highest BCUT2D eigenvalue weighted by Crippen LogP contribution is 2.19. The predicted molar refractivity (Wildman–Crippen MR) is 85.2 cm³/mol. The van der Waals surface area contributed by atoms with Gasteiger partial charge in [-0.1, -0.05) is 13.0 Å². The van der Waals surface area contributed by atoms with Crippen LogP contribution in [0.3, 0.4) is 0 Å². The Balaban J connectivity index is 2.19. The Kier molecular flexibility index (Phi) is 4.65. The average molecular weight is 300 g/mol. The lowest BCUT2D eigenvalue weighted by Gasteiger charge is -2.10. The first-order valence-corrected chi connectivity index (χ1v) is 7.22. The van der Waals surface area contributed by atoms with Gasteiger partial charge in [-0.25, -0.2) is 0 Å². The zero-order chi connectivity index (χ0) is 16.3. The van der Waals surface area contributed by atoms with E-state index < -0.39 is 5.91 Å². The van der Waals surface area contributed by atoms with Crippen molar-refractivity contribution in [3.63, 3.8) is 0 Å². The van der Waals surface area contributed by atoms with Gasteiger partial charge in [-0.15, -0.1) is 0 Å². The van der Waals surface area contributed by atoms with Crippen molar-refractivity contribution in [3.8, 4) is 5.75 Å². The van der Waals surface area contributed by atoms with Gasteiger partial charge in [0.15, 0.2) is 0 Å². The fourth-order valence-corrected chi connectivity index (χ4v) is 2.35. The number of hydrogen-bond acceptors (Lipinski definition) is 3. The summed E-state index contributed by atoms with van der Waals surface area (Å²) in [5, 5.41) is 12.5. The van der Waals surface area contributed by atoms with E-state index in [-0.39, 0.29) is 23.4 Å². The molecule has 116 valence electrons. The van der Waals surface area contributed by atoms with Crippen LogP contribution in [-0.4, -0.2) is 16.0 Å². The van der Waals surface area contributed by atoms with E-state index in [0.717, 1.165) is 23.2 Å². The van der Waals surface area contributed by atoms with Gasteiger partial charge in [0.2, 0.25) is 0 Å². The van der Waals surface area contributed by atoms with Crippen LogP contribution < -0.4 is 10.9 Å². The summed E-state index contributed by atoms with van der Waals surface area (Å²) >= 11 is 0. The molecule has 0 radical (unpaired) electrons. The van der Waals surface area contributed by atoms with E-state index in [4.69, 9.17) is 0 Å². The lowest BCUT2D eigenvalue weighted by molar-refractivity contribution is 0.0948. The summed E-state index contributed by atoms with van der Waals surface area (Å²) in [5.41, 5.74) is 3.11. The maximum atomic E-state index is 12.2. The van der Waals surface area contributed by atoms with Gasteiger partial charge in [0.1, 0.15) is 5.75 Å². The first-order valence-electron chi connectivity index (χ1n) is 7.22. The number of aromatic hydroxyl groups is 1. The van der Waals surface area contributed by atoms with E-state index in [1.807, 2.05) is 26.8 Å². The number of benzene rings is 1. The quantitative estimate of drug-likeness (QED) is 0.809. The third-order valence-electron chi connectivity index (χ3n) is 3.63. The number of rotatable bonds is 4. The van der Waals surface area contributed by atoms with Crippen LogP contribution >= 0.6 is 0 Å². The van der Waals surface area contributed by atoms with E-state index in [9.17, 15) is 14.7 Å². The smallest absolute Gasteiger partial charge is 0.255 e. The molecule has 1 amide bonds. The Hall–Kier alpha value is -2.56. The number of nitrogens with one attached hydrogen (secondary N) is 2. The second-order valence-electron chi connectivity index (χ2n) is 5.33. The van der Waals surface area contributed by atoms with Crippen LogP contribution in [0, 0.1) is 13.8 Å². The van der Waals surface area contributed by atoms with Gasteiger partial charge in [0, 0.05) is 17.8 Å². The van der Waals surface area contributed by atoms with Crippen LogP contribution in [0.4, 0.5) is 0 Å². The Labute approximate surface area is 129 Å². The summed E-state index contributed by atoms with van der Waals surface area (Å²) in [6.45, 7) is 5.74. The van der Waals surface area contributed by atoms with Gasteiger partial charge in [0.05, 0.1) is 5.56 Å². The molecule has 0 atom stereocenters. The van der Waals surface area contributed by atoms with Gasteiger partial charge in [-0.2, -0.15) is 0 Å². The average Bonchev–Trinajstić information content (AvgIpc) is 2.46. The second-order valence-corrected chi connectivity index (χ2v) is 5.33. The van der Waals surface area contributed by atoms with Crippen molar-refractivity contribution in [2.24, 2.45) is 0 Å². The minimum atomic E-state index is -0.396. The van der Waals surface area contributed by atoms with Gasteiger partial charge in [-0.3, -0.25) is 9.59 Å². The highest BCUT2D eigenvalue weighted by molar-refractivity contribution is 5.96. The van der Waals surface area contributed by atoms with Crippen LogP contribution in [0.2, 0.25) is 0 Å². The van der Waals surface area contributed by atoms with Crippen molar-refractivity contribution in [2.45, 2.75) is 33.7 Å². The van der Waals surface area contributed by atoms with Crippen molar-refractivity contribution < 1.29 is 9.90 Å². The van der Waals surface area contributed by atoms with Crippen LogP contribution in [0.15, 0.2) is 29.1 Å². The number of carbonyl (C=O) groups excluding carboxylic acids is 1. The summed E-state index contributed by atoms with van der Waals surface area (Å²) in [6.07, 6.45) is 0.775. The zero-order valence-electron chi connectivity index (χ0n) is 13.0. The molecule has 0 aliphatic carbocycles. The molecule has 1 heterocycles. The van der Waals surface area contributed by atoms with Crippen LogP contribution in [0.5, 0.6) is 5.75 Å². The van der Waals surface area contributed by atoms with Crippen LogP contribution in [0.25, 0.3) is 0 Å². The van der Waals surface area contributed by atoms with E-state index >= 15 is 0 Å². The molecule has 0 spiro atoms. The van der Waals surface area contributed by atoms with Crippen LogP contribution in [0.1, 0.15) is 39.7 Å². The van der Waals surface area contributed by atoms with Gasteiger partial charge in [0.25, 0.3) is 11.5 Å². The van der Waals surface area contributed by atoms with Crippen molar-refractivity contribution in [1.29, 1.82) is 0 Å². The maximum Gasteiger partial charge on any atom is 0.255 e. The van der Waals surface area contributed by atoms with Gasteiger partial charge < -0.3 is 15.4 Å². The summed E-state index contributed by atoms with van der Waals surface area (Å²) in [4.78, 5) is 26.9. The number of phenolic OH excluding ortho intramolecular Hbond substituents is 1. The topological polar surface area (TPSA) is 82.2 Å². The Morgan fingerprint density at radius 2 is 2.00 bits per heavy atom. The molecule has 0 bridgehead atoms. The molecule has 3 N–H and O–H groups in total. The summed E-state index contributed by atoms with van der Waals surface area (Å²) in [7, 11) is 0. The molecule has 5 nitrogen and oxygen atoms in total. The first kappa shape index (κ1) is 15.8.